The van der Waals surface area contributed by atoms with Crippen molar-refractivity contribution in [1.82, 2.24) is 10.0 Å². The lowest BCUT2D eigenvalue weighted by Gasteiger charge is -2.38. The van der Waals surface area contributed by atoms with E-state index >= 15 is 0 Å². The van der Waals surface area contributed by atoms with Gasteiger partial charge in [-0.15, -0.1) is 0 Å². The van der Waals surface area contributed by atoms with Crippen LogP contribution in [-0.2, 0) is 6.54 Å². The van der Waals surface area contributed by atoms with E-state index in [0.717, 1.165) is 13.1 Å². The molecule has 1 saturated heterocycles. The summed E-state index contributed by atoms with van der Waals surface area (Å²) in [6.07, 6.45) is 4.10. The maximum absolute atomic E-state index is 2.58. The Kier molecular flexibility index (Phi) is 5.41. The highest BCUT2D eigenvalue weighted by atomic mass is 15.6. The van der Waals surface area contributed by atoms with Crippen molar-refractivity contribution < 1.29 is 0 Å². The van der Waals surface area contributed by atoms with Gasteiger partial charge in [-0.1, -0.05) is 50.1 Å². The summed E-state index contributed by atoms with van der Waals surface area (Å²) >= 11 is 0. The second-order valence-electron chi connectivity index (χ2n) is 6.24. The van der Waals surface area contributed by atoms with E-state index < -0.39 is 0 Å². The summed E-state index contributed by atoms with van der Waals surface area (Å²) in [7, 11) is 0. The summed E-state index contributed by atoms with van der Waals surface area (Å²) < 4.78 is 0. The Hall–Kier alpha value is -0.860. The number of rotatable bonds is 5. The molecule has 19 heavy (non-hydrogen) atoms. The third-order valence-electron chi connectivity index (χ3n) is 3.76. The lowest BCUT2D eigenvalue weighted by molar-refractivity contribution is -0.0546. The molecule has 0 bridgehead atoms. The standard InChI is InChI=1S/C17H28N2/c1-15(2)13-19(18-10-5-4-6-11-18)14-17-9-7-8-16(3)12-17/h7-9,12,15H,4-6,10-11,13-14H2,1-3H3. The van der Waals surface area contributed by atoms with Gasteiger partial charge in [-0.2, -0.15) is 0 Å². The Bertz CT molecular complexity index is 381. The van der Waals surface area contributed by atoms with Crippen LogP contribution in [-0.4, -0.2) is 29.7 Å². The Balaban J connectivity index is 2.04. The van der Waals surface area contributed by atoms with Crippen molar-refractivity contribution in [1.29, 1.82) is 0 Å². The summed E-state index contributed by atoms with van der Waals surface area (Å²) in [5.41, 5.74) is 2.80. The average molecular weight is 260 g/mol. The van der Waals surface area contributed by atoms with Crippen molar-refractivity contribution in [2.45, 2.75) is 46.6 Å². The third kappa shape index (κ3) is 4.63. The molecule has 0 aliphatic carbocycles. The van der Waals surface area contributed by atoms with Crippen molar-refractivity contribution in [2.24, 2.45) is 5.92 Å². The lowest BCUT2D eigenvalue weighted by atomic mass is 10.1. The van der Waals surface area contributed by atoms with Gasteiger partial charge >= 0.3 is 0 Å². The van der Waals surface area contributed by atoms with Crippen molar-refractivity contribution in [3.05, 3.63) is 35.4 Å². The maximum Gasteiger partial charge on any atom is 0.0384 e. The van der Waals surface area contributed by atoms with Crippen LogP contribution in [0.5, 0.6) is 0 Å². The van der Waals surface area contributed by atoms with Crippen LogP contribution in [0.4, 0.5) is 0 Å². The molecule has 0 saturated carbocycles. The van der Waals surface area contributed by atoms with Crippen molar-refractivity contribution in [3.8, 4) is 0 Å². The van der Waals surface area contributed by atoms with Crippen molar-refractivity contribution >= 4 is 0 Å². The van der Waals surface area contributed by atoms with Crippen LogP contribution in [0.2, 0.25) is 0 Å². The van der Waals surface area contributed by atoms with Crippen LogP contribution < -0.4 is 0 Å². The summed E-state index contributed by atoms with van der Waals surface area (Å²) in [6, 6.07) is 8.92. The first-order valence-electron chi connectivity index (χ1n) is 7.70. The quantitative estimate of drug-likeness (QED) is 0.793. The number of hydrogen-bond acceptors (Lipinski definition) is 2. The highest BCUT2D eigenvalue weighted by Crippen LogP contribution is 2.17. The van der Waals surface area contributed by atoms with E-state index in [4.69, 9.17) is 0 Å². The van der Waals surface area contributed by atoms with E-state index in [1.54, 1.807) is 0 Å². The fraction of sp³-hybridized carbons (Fsp3) is 0.647. The molecule has 2 rings (SSSR count). The first-order chi connectivity index (χ1) is 9.15. The fourth-order valence-electron chi connectivity index (χ4n) is 2.88. The fourth-order valence-corrected chi connectivity index (χ4v) is 2.88. The van der Waals surface area contributed by atoms with E-state index in [9.17, 15) is 0 Å². The molecular formula is C17H28N2. The number of piperidine rings is 1. The summed E-state index contributed by atoms with van der Waals surface area (Å²) in [5, 5.41) is 5.14. The van der Waals surface area contributed by atoms with Crippen LogP contribution in [0.1, 0.15) is 44.2 Å². The highest BCUT2D eigenvalue weighted by molar-refractivity contribution is 5.22. The molecular weight excluding hydrogens is 232 g/mol. The molecule has 0 amide bonds. The van der Waals surface area contributed by atoms with Crippen molar-refractivity contribution in [2.75, 3.05) is 19.6 Å². The summed E-state index contributed by atoms with van der Waals surface area (Å²) in [6.45, 7) is 11.5. The van der Waals surface area contributed by atoms with E-state index in [1.165, 1.54) is 43.5 Å². The minimum Gasteiger partial charge on any atom is -0.241 e. The third-order valence-corrected chi connectivity index (χ3v) is 3.76. The zero-order chi connectivity index (χ0) is 13.7. The van der Waals surface area contributed by atoms with E-state index in [1.807, 2.05) is 0 Å². The second kappa shape index (κ2) is 7.06. The topological polar surface area (TPSA) is 6.48 Å². The van der Waals surface area contributed by atoms with Gasteiger partial charge in [-0.3, -0.25) is 0 Å². The highest BCUT2D eigenvalue weighted by Gasteiger charge is 2.19. The zero-order valence-corrected chi connectivity index (χ0v) is 12.7. The Morgan fingerprint density at radius 3 is 2.53 bits per heavy atom. The molecule has 0 unspecified atom stereocenters. The predicted octanol–water partition coefficient (Wildman–Crippen LogP) is 3.85. The molecule has 1 aromatic rings. The first-order valence-corrected chi connectivity index (χ1v) is 7.70. The SMILES string of the molecule is Cc1cccc(CN(CC(C)C)N2CCCCC2)c1. The molecule has 1 heterocycles. The van der Waals surface area contributed by atoms with Crippen LogP contribution >= 0.6 is 0 Å². The minimum atomic E-state index is 0.715. The smallest absolute Gasteiger partial charge is 0.0384 e. The van der Waals surface area contributed by atoms with Crippen molar-refractivity contribution in [3.63, 3.8) is 0 Å². The van der Waals surface area contributed by atoms with Crippen LogP contribution in [0.15, 0.2) is 24.3 Å². The van der Waals surface area contributed by atoms with Gasteiger partial charge < -0.3 is 0 Å². The predicted molar refractivity (Wildman–Crippen MR) is 81.9 cm³/mol. The molecule has 0 atom stereocenters. The Labute approximate surface area is 118 Å². The van der Waals surface area contributed by atoms with Gasteiger partial charge in [0.1, 0.15) is 0 Å². The van der Waals surface area contributed by atoms with Gasteiger partial charge in [-0.25, -0.2) is 10.0 Å². The molecule has 0 radical (unpaired) electrons. The van der Waals surface area contributed by atoms with Gasteiger partial charge in [0, 0.05) is 26.2 Å². The zero-order valence-electron chi connectivity index (χ0n) is 12.7. The molecule has 1 fully saturated rings. The number of nitrogens with zero attached hydrogens (tertiary/aromatic N) is 2. The molecule has 0 aromatic heterocycles. The largest absolute Gasteiger partial charge is 0.241 e. The molecule has 2 heteroatoms. The van der Waals surface area contributed by atoms with Gasteiger partial charge in [0.25, 0.3) is 0 Å². The lowest BCUT2D eigenvalue weighted by Crippen LogP contribution is -2.46. The van der Waals surface area contributed by atoms with Gasteiger partial charge in [0.2, 0.25) is 0 Å². The Morgan fingerprint density at radius 2 is 1.89 bits per heavy atom. The molecule has 2 nitrogen and oxygen atoms in total. The molecule has 1 aliphatic rings. The van der Waals surface area contributed by atoms with E-state index in [2.05, 4.69) is 55.1 Å². The van der Waals surface area contributed by atoms with Crippen LogP contribution in [0.25, 0.3) is 0 Å². The summed E-state index contributed by atoms with van der Waals surface area (Å²) in [4.78, 5) is 0. The molecule has 0 N–H and O–H groups in total. The summed E-state index contributed by atoms with van der Waals surface area (Å²) in [5.74, 6) is 0.715. The molecule has 0 spiro atoms. The minimum absolute atomic E-state index is 0.715. The van der Waals surface area contributed by atoms with E-state index in [0.29, 0.717) is 5.92 Å². The van der Waals surface area contributed by atoms with Gasteiger partial charge in [-0.05, 0) is 31.2 Å². The maximum atomic E-state index is 2.58. The van der Waals surface area contributed by atoms with Gasteiger partial charge in [0.15, 0.2) is 0 Å². The first kappa shape index (κ1) is 14.5. The number of aryl methyl sites for hydroxylation is 1. The van der Waals surface area contributed by atoms with Crippen LogP contribution in [0, 0.1) is 12.8 Å². The monoisotopic (exact) mass is 260 g/mol. The van der Waals surface area contributed by atoms with Crippen LogP contribution in [0.3, 0.4) is 0 Å². The van der Waals surface area contributed by atoms with Gasteiger partial charge in [0.05, 0.1) is 0 Å². The second-order valence-corrected chi connectivity index (χ2v) is 6.24. The molecule has 106 valence electrons. The average Bonchev–Trinajstić information content (AvgIpc) is 2.38. The molecule has 1 aromatic carbocycles. The Morgan fingerprint density at radius 1 is 1.16 bits per heavy atom. The normalized spacial score (nSPS) is 17.3. The molecule has 1 aliphatic heterocycles. The number of hydrogen-bond donors (Lipinski definition) is 0. The van der Waals surface area contributed by atoms with E-state index in [-0.39, 0.29) is 0 Å². The number of benzene rings is 1. The number of hydrazine groups is 1.